The van der Waals surface area contributed by atoms with Gasteiger partial charge in [0.15, 0.2) is 10.9 Å². The topological polar surface area (TPSA) is 83.4 Å². The average molecular weight is 410 g/mol. The predicted molar refractivity (Wildman–Crippen MR) is 119 cm³/mol. The van der Waals surface area contributed by atoms with Gasteiger partial charge in [-0.2, -0.15) is 0 Å². The summed E-state index contributed by atoms with van der Waals surface area (Å²) >= 11 is 5.18. The summed E-state index contributed by atoms with van der Waals surface area (Å²) in [7, 11) is 0. The molecule has 3 N–H and O–H groups in total. The van der Waals surface area contributed by atoms with Crippen molar-refractivity contribution in [1.82, 2.24) is 5.32 Å². The third-order valence-corrected chi connectivity index (χ3v) is 4.43. The third-order valence-electron chi connectivity index (χ3n) is 4.23. The molecule has 0 bridgehead atoms. The minimum Gasteiger partial charge on any atom is -0.451 e. The second-order valence-corrected chi connectivity index (χ2v) is 7.64. The monoisotopic (exact) mass is 409 g/mol. The van der Waals surface area contributed by atoms with Crippen LogP contribution >= 0.6 is 12.2 Å². The van der Waals surface area contributed by atoms with Crippen molar-refractivity contribution in [2.45, 2.75) is 27.2 Å². The number of carbonyl (C=O) groups is 2. The molecule has 0 aliphatic rings. The van der Waals surface area contributed by atoms with Gasteiger partial charge in [0.05, 0.1) is 0 Å². The molecular formula is C22H23N3O3S. The summed E-state index contributed by atoms with van der Waals surface area (Å²) in [5.74, 6) is 0.0713. The predicted octanol–water partition coefficient (Wildman–Crippen LogP) is 4.85. The SMILES string of the molecule is Cc1cc(NC(=S)NC(=O)CC(C)C)ccc1NC(=O)c1cc2ccccc2o1. The van der Waals surface area contributed by atoms with Crippen molar-refractivity contribution in [2.75, 3.05) is 10.6 Å². The molecule has 0 fully saturated rings. The molecule has 0 spiro atoms. The lowest BCUT2D eigenvalue weighted by Gasteiger charge is -2.13. The highest BCUT2D eigenvalue weighted by atomic mass is 32.1. The lowest BCUT2D eigenvalue weighted by Crippen LogP contribution is -2.34. The molecule has 7 heteroatoms. The third kappa shape index (κ3) is 5.42. The number of anilines is 2. The highest BCUT2D eigenvalue weighted by molar-refractivity contribution is 7.80. The fourth-order valence-corrected chi connectivity index (χ4v) is 3.10. The zero-order chi connectivity index (χ0) is 21.0. The lowest BCUT2D eigenvalue weighted by molar-refractivity contribution is -0.120. The van der Waals surface area contributed by atoms with Gasteiger partial charge >= 0.3 is 0 Å². The van der Waals surface area contributed by atoms with Gasteiger partial charge in [-0.1, -0.05) is 32.0 Å². The number of furan rings is 1. The molecule has 3 aromatic rings. The molecule has 0 atom stereocenters. The quantitative estimate of drug-likeness (QED) is 0.525. The molecule has 1 aromatic heterocycles. The number of aryl methyl sites for hydroxylation is 1. The van der Waals surface area contributed by atoms with Crippen molar-refractivity contribution in [2.24, 2.45) is 5.92 Å². The van der Waals surface area contributed by atoms with E-state index in [9.17, 15) is 9.59 Å². The molecule has 2 amide bonds. The van der Waals surface area contributed by atoms with Gasteiger partial charge in [-0.05, 0) is 61.0 Å². The Morgan fingerprint density at radius 1 is 1.07 bits per heavy atom. The summed E-state index contributed by atoms with van der Waals surface area (Å²) in [6, 6.07) is 14.6. The van der Waals surface area contributed by atoms with E-state index < -0.39 is 0 Å². The number of para-hydroxylation sites is 1. The largest absolute Gasteiger partial charge is 0.451 e. The van der Waals surface area contributed by atoms with Crippen molar-refractivity contribution in [3.63, 3.8) is 0 Å². The first-order chi connectivity index (χ1) is 13.8. The maximum atomic E-state index is 12.5. The maximum absolute atomic E-state index is 12.5. The normalized spacial score (nSPS) is 10.8. The zero-order valence-electron chi connectivity index (χ0n) is 16.5. The molecule has 6 nitrogen and oxygen atoms in total. The van der Waals surface area contributed by atoms with Gasteiger partial charge in [0.2, 0.25) is 5.91 Å². The Morgan fingerprint density at radius 2 is 1.83 bits per heavy atom. The molecule has 0 saturated carbocycles. The van der Waals surface area contributed by atoms with E-state index in [1.165, 1.54) is 0 Å². The lowest BCUT2D eigenvalue weighted by atomic mass is 10.1. The number of fused-ring (bicyclic) bond motifs is 1. The van der Waals surface area contributed by atoms with E-state index in [4.69, 9.17) is 16.6 Å². The molecule has 0 aliphatic carbocycles. The fourth-order valence-electron chi connectivity index (χ4n) is 2.87. The standard InChI is InChI=1S/C22H23N3O3S/c1-13(2)10-20(26)25-22(29)23-16-8-9-17(14(3)11-16)24-21(27)19-12-15-6-4-5-7-18(15)28-19/h4-9,11-13H,10H2,1-3H3,(H,24,27)(H2,23,25,26,29). The summed E-state index contributed by atoms with van der Waals surface area (Å²) in [5, 5.41) is 9.62. The van der Waals surface area contributed by atoms with Crippen LogP contribution in [0.3, 0.4) is 0 Å². The van der Waals surface area contributed by atoms with Crippen molar-refractivity contribution in [1.29, 1.82) is 0 Å². The van der Waals surface area contributed by atoms with Gasteiger partial charge in [0.25, 0.3) is 5.91 Å². The van der Waals surface area contributed by atoms with Gasteiger partial charge in [0, 0.05) is 23.2 Å². The van der Waals surface area contributed by atoms with Gasteiger partial charge in [-0.15, -0.1) is 0 Å². The summed E-state index contributed by atoms with van der Waals surface area (Å²) in [5.41, 5.74) is 2.90. The molecule has 0 aliphatic heterocycles. The van der Waals surface area contributed by atoms with Gasteiger partial charge in [0.1, 0.15) is 5.58 Å². The number of nitrogens with one attached hydrogen (secondary N) is 3. The van der Waals surface area contributed by atoms with Crippen molar-refractivity contribution in [3.8, 4) is 0 Å². The van der Waals surface area contributed by atoms with Crippen LogP contribution in [0.5, 0.6) is 0 Å². The Balaban J connectivity index is 1.63. The summed E-state index contributed by atoms with van der Waals surface area (Å²) in [6.07, 6.45) is 0.410. The molecule has 150 valence electrons. The Hall–Kier alpha value is -3.19. The van der Waals surface area contributed by atoms with Gasteiger partial charge < -0.3 is 20.4 Å². The van der Waals surface area contributed by atoms with Crippen molar-refractivity contribution >= 4 is 51.5 Å². The highest BCUT2D eigenvalue weighted by Gasteiger charge is 2.14. The number of rotatable bonds is 5. The minimum atomic E-state index is -0.318. The average Bonchev–Trinajstić information content (AvgIpc) is 3.07. The molecule has 29 heavy (non-hydrogen) atoms. The number of thiocarbonyl (C=S) groups is 1. The van der Waals surface area contributed by atoms with Gasteiger partial charge in [-0.3, -0.25) is 9.59 Å². The van der Waals surface area contributed by atoms with Crippen LogP contribution in [-0.4, -0.2) is 16.9 Å². The first-order valence-corrected chi connectivity index (χ1v) is 9.74. The Kier molecular flexibility index (Phi) is 6.29. The first kappa shape index (κ1) is 20.5. The zero-order valence-corrected chi connectivity index (χ0v) is 17.4. The second kappa shape index (κ2) is 8.87. The summed E-state index contributed by atoms with van der Waals surface area (Å²) in [6.45, 7) is 5.81. The van der Waals surface area contributed by atoms with Crippen LogP contribution in [-0.2, 0) is 4.79 Å². The fraction of sp³-hybridized carbons (Fsp3) is 0.227. The van der Waals surface area contributed by atoms with E-state index in [0.717, 1.165) is 16.6 Å². The molecule has 2 aromatic carbocycles. The van der Waals surface area contributed by atoms with Crippen molar-refractivity contribution < 1.29 is 14.0 Å². The molecule has 3 rings (SSSR count). The van der Waals surface area contributed by atoms with Crippen LogP contribution in [0.25, 0.3) is 11.0 Å². The van der Waals surface area contributed by atoms with Crippen LogP contribution in [0.1, 0.15) is 36.4 Å². The minimum absolute atomic E-state index is 0.121. The van der Waals surface area contributed by atoms with Crippen LogP contribution in [0.2, 0.25) is 0 Å². The number of benzene rings is 2. The Labute approximate surface area is 174 Å². The number of carbonyl (C=O) groups excluding carboxylic acids is 2. The van der Waals surface area contributed by atoms with Crippen LogP contribution in [0, 0.1) is 12.8 Å². The van der Waals surface area contributed by atoms with Crippen molar-refractivity contribution in [3.05, 3.63) is 59.9 Å². The smallest absolute Gasteiger partial charge is 0.291 e. The van der Waals surface area contributed by atoms with E-state index in [1.807, 2.05) is 51.1 Å². The molecule has 0 radical (unpaired) electrons. The van der Waals surface area contributed by atoms with E-state index in [-0.39, 0.29) is 28.6 Å². The first-order valence-electron chi connectivity index (χ1n) is 9.33. The summed E-state index contributed by atoms with van der Waals surface area (Å²) in [4.78, 5) is 24.3. The second-order valence-electron chi connectivity index (χ2n) is 7.23. The molecule has 0 unspecified atom stereocenters. The van der Waals surface area contributed by atoms with Gasteiger partial charge in [-0.25, -0.2) is 0 Å². The Morgan fingerprint density at radius 3 is 2.52 bits per heavy atom. The molecule has 1 heterocycles. The molecule has 0 saturated heterocycles. The maximum Gasteiger partial charge on any atom is 0.291 e. The van der Waals surface area contributed by atoms with E-state index >= 15 is 0 Å². The highest BCUT2D eigenvalue weighted by Crippen LogP contribution is 2.23. The molecular weight excluding hydrogens is 386 g/mol. The number of hydrogen-bond donors (Lipinski definition) is 3. The number of amides is 2. The number of hydrogen-bond acceptors (Lipinski definition) is 4. The van der Waals surface area contributed by atoms with Crippen LogP contribution in [0.15, 0.2) is 52.9 Å². The van der Waals surface area contributed by atoms with Crippen LogP contribution < -0.4 is 16.0 Å². The van der Waals surface area contributed by atoms with E-state index in [1.54, 1.807) is 18.2 Å². The van der Waals surface area contributed by atoms with E-state index in [0.29, 0.717) is 17.7 Å². The van der Waals surface area contributed by atoms with E-state index in [2.05, 4.69) is 16.0 Å². The Bertz CT molecular complexity index is 1040. The van der Waals surface area contributed by atoms with Crippen LogP contribution in [0.4, 0.5) is 11.4 Å². The summed E-state index contributed by atoms with van der Waals surface area (Å²) < 4.78 is 5.60.